The van der Waals surface area contributed by atoms with E-state index in [4.69, 9.17) is 0 Å². The Bertz CT molecular complexity index is 352. The monoisotopic (exact) mass is 310 g/mol. The fourth-order valence-electron chi connectivity index (χ4n) is 0.823. The molecule has 0 bridgehead atoms. The maximum atomic E-state index is 13.1. The first-order chi connectivity index (χ1) is 6.06. The number of ketones is 1. The Kier molecular flexibility index (Phi) is 3.44. The highest BCUT2D eigenvalue weighted by molar-refractivity contribution is 9.10. The third-order valence-corrected chi connectivity index (χ3v) is 2.60. The van der Waals surface area contributed by atoms with Crippen molar-refractivity contribution in [1.29, 1.82) is 0 Å². The molecule has 1 rings (SSSR count). The molecule has 1 N–H and O–H groups in total. The molecule has 0 aromatic heterocycles. The molecule has 0 fully saturated rings. The van der Waals surface area contributed by atoms with E-state index < -0.39 is 11.6 Å². The normalized spacial score (nSPS) is 10.1. The molecule has 0 heterocycles. The second kappa shape index (κ2) is 4.19. The van der Waals surface area contributed by atoms with Gasteiger partial charge in [0.1, 0.15) is 11.6 Å². The minimum Gasteiger partial charge on any atom is -0.507 e. The van der Waals surface area contributed by atoms with E-state index in [1.54, 1.807) is 0 Å². The minimum absolute atomic E-state index is 0.0327. The van der Waals surface area contributed by atoms with Crippen molar-refractivity contribution in [2.45, 2.75) is 0 Å². The van der Waals surface area contributed by atoms with E-state index in [2.05, 4.69) is 31.9 Å². The van der Waals surface area contributed by atoms with Crippen LogP contribution in [0, 0.1) is 5.82 Å². The highest BCUT2D eigenvalue weighted by atomic mass is 79.9. The zero-order valence-electron chi connectivity index (χ0n) is 6.35. The summed E-state index contributed by atoms with van der Waals surface area (Å²) in [5.74, 6) is -1.19. The van der Waals surface area contributed by atoms with Gasteiger partial charge in [-0.3, -0.25) is 4.79 Å². The highest BCUT2D eigenvalue weighted by Gasteiger charge is 2.13. The van der Waals surface area contributed by atoms with Crippen molar-refractivity contribution in [3.8, 4) is 5.75 Å². The smallest absolute Gasteiger partial charge is 0.176 e. The SMILES string of the molecule is O=C(CBr)c1cc(O)c(Br)cc1F. The van der Waals surface area contributed by atoms with E-state index in [1.165, 1.54) is 0 Å². The van der Waals surface area contributed by atoms with Crippen LogP contribution in [0.1, 0.15) is 10.4 Å². The summed E-state index contributed by atoms with van der Waals surface area (Å²) in [5, 5.41) is 9.22. The lowest BCUT2D eigenvalue weighted by Gasteiger charge is -2.02. The van der Waals surface area contributed by atoms with Crippen LogP contribution in [0.4, 0.5) is 4.39 Å². The number of hydrogen-bond acceptors (Lipinski definition) is 2. The summed E-state index contributed by atoms with van der Waals surface area (Å²) in [5.41, 5.74) is -0.113. The van der Waals surface area contributed by atoms with E-state index in [-0.39, 0.29) is 21.1 Å². The summed E-state index contributed by atoms with van der Waals surface area (Å²) < 4.78 is 13.3. The number of aromatic hydroxyl groups is 1. The first-order valence-electron chi connectivity index (χ1n) is 3.33. The molecule has 0 unspecified atom stereocenters. The Labute approximate surface area is 91.0 Å². The van der Waals surface area contributed by atoms with E-state index in [0.717, 1.165) is 12.1 Å². The molecule has 0 aliphatic heterocycles. The number of Topliss-reactive ketones (excluding diaryl/α,β-unsaturated/α-hetero) is 1. The summed E-state index contributed by atoms with van der Waals surface area (Å²) in [4.78, 5) is 11.1. The Morgan fingerprint density at radius 1 is 1.54 bits per heavy atom. The first-order valence-corrected chi connectivity index (χ1v) is 5.25. The van der Waals surface area contributed by atoms with Gasteiger partial charge in [0.25, 0.3) is 0 Å². The summed E-state index contributed by atoms with van der Waals surface area (Å²) in [7, 11) is 0. The van der Waals surface area contributed by atoms with Gasteiger partial charge in [-0.25, -0.2) is 4.39 Å². The van der Waals surface area contributed by atoms with Crippen LogP contribution >= 0.6 is 31.9 Å². The topological polar surface area (TPSA) is 37.3 Å². The van der Waals surface area contributed by atoms with E-state index in [1.807, 2.05) is 0 Å². The third-order valence-electron chi connectivity index (χ3n) is 1.46. The number of benzene rings is 1. The Balaban J connectivity index is 3.23. The number of alkyl halides is 1. The van der Waals surface area contributed by atoms with Crippen molar-refractivity contribution in [3.05, 3.63) is 28.0 Å². The first kappa shape index (κ1) is 10.7. The van der Waals surface area contributed by atoms with Crippen LogP contribution in [-0.4, -0.2) is 16.2 Å². The second-order valence-electron chi connectivity index (χ2n) is 2.34. The van der Waals surface area contributed by atoms with Gasteiger partial charge in [0, 0.05) is 0 Å². The molecule has 1 aromatic rings. The molecular weight excluding hydrogens is 307 g/mol. The average molecular weight is 312 g/mol. The predicted octanol–water partition coefficient (Wildman–Crippen LogP) is 2.87. The van der Waals surface area contributed by atoms with Crippen molar-refractivity contribution in [2.24, 2.45) is 0 Å². The van der Waals surface area contributed by atoms with Crippen LogP contribution in [-0.2, 0) is 0 Å². The third kappa shape index (κ3) is 2.28. The van der Waals surface area contributed by atoms with Gasteiger partial charge in [-0.2, -0.15) is 0 Å². The maximum Gasteiger partial charge on any atom is 0.176 e. The maximum absolute atomic E-state index is 13.1. The molecule has 0 saturated heterocycles. The molecule has 0 radical (unpaired) electrons. The van der Waals surface area contributed by atoms with Crippen LogP contribution in [0.3, 0.4) is 0 Å². The molecule has 0 saturated carbocycles. The summed E-state index contributed by atoms with van der Waals surface area (Å²) in [6.45, 7) is 0. The van der Waals surface area contributed by atoms with Gasteiger partial charge in [-0.05, 0) is 28.1 Å². The molecule has 0 atom stereocenters. The van der Waals surface area contributed by atoms with E-state index in [0.29, 0.717) is 0 Å². The predicted molar refractivity (Wildman–Crippen MR) is 53.9 cm³/mol. The van der Waals surface area contributed by atoms with Crippen molar-refractivity contribution >= 4 is 37.6 Å². The van der Waals surface area contributed by atoms with E-state index in [9.17, 15) is 14.3 Å². The fraction of sp³-hybridized carbons (Fsp3) is 0.125. The molecule has 0 aliphatic carbocycles. The molecule has 0 spiro atoms. The summed E-state index contributed by atoms with van der Waals surface area (Å²) >= 11 is 5.86. The fourth-order valence-corrected chi connectivity index (χ4v) is 1.44. The Morgan fingerprint density at radius 3 is 2.69 bits per heavy atom. The standard InChI is InChI=1S/C8H5Br2FO2/c9-3-8(13)4-1-7(12)5(10)2-6(4)11/h1-2,12H,3H2. The number of phenolic OH excluding ortho intramolecular Hbond substituents is 1. The van der Waals surface area contributed by atoms with Gasteiger partial charge < -0.3 is 5.11 Å². The molecule has 0 amide bonds. The van der Waals surface area contributed by atoms with Gasteiger partial charge in [0.05, 0.1) is 15.4 Å². The number of hydrogen-bond donors (Lipinski definition) is 1. The van der Waals surface area contributed by atoms with Crippen molar-refractivity contribution in [1.82, 2.24) is 0 Å². The van der Waals surface area contributed by atoms with Gasteiger partial charge in [0.15, 0.2) is 5.78 Å². The number of rotatable bonds is 2. The molecule has 2 nitrogen and oxygen atoms in total. The second-order valence-corrected chi connectivity index (χ2v) is 3.76. The Morgan fingerprint density at radius 2 is 2.15 bits per heavy atom. The number of carbonyl (C=O) groups is 1. The molecule has 70 valence electrons. The average Bonchev–Trinajstić information content (AvgIpc) is 2.10. The van der Waals surface area contributed by atoms with Crippen LogP contribution in [0.25, 0.3) is 0 Å². The van der Waals surface area contributed by atoms with Crippen LogP contribution in [0.2, 0.25) is 0 Å². The summed E-state index contributed by atoms with van der Waals surface area (Å²) in [6, 6.07) is 2.16. The number of carbonyl (C=O) groups excluding carboxylic acids is 1. The lowest BCUT2D eigenvalue weighted by molar-refractivity contribution is 0.101. The molecule has 13 heavy (non-hydrogen) atoms. The van der Waals surface area contributed by atoms with Crippen molar-refractivity contribution in [2.75, 3.05) is 5.33 Å². The Hall–Kier alpha value is -0.420. The molecule has 1 aromatic carbocycles. The van der Waals surface area contributed by atoms with Gasteiger partial charge in [-0.15, -0.1) is 0 Å². The zero-order chi connectivity index (χ0) is 10.0. The van der Waals surface area contributed by atoms with Gasteiger partial charge >= 0.3 is 0 Å². The molecule has 5 heteroatoms. The van der Waals surface area contributed by atoms with Crippen molar-refractivity contribution in [3.63, 3.8) is 0 Å². The van der Waals surface area contributed by atoms with Crippen LogP contribution in [0.15, 0.2) is 16.6 Å². The van der Waals surface area contributed by atoms with E-state index >= 15 is 0 Å². The molecular formula is C8H5Br2FO2. The molecule has 0 aliphatic rings. The number of phenols is 1. The minimum atomic E-state index is -0.644. The lowest BCUT2D eigenvalue weighted by atomic mass is 10.1. The summed E-state index contributed by atoms with van der Waals surface area (Å²) in [6.07, 6.45) is 0. The van der Waals surface area contributed by atoms with Gasteiger partial charge in [-0.1, -0.05) is 15.9 Å². The van der Waals surface area contributed by atoms with Crippen LogP contribution < -0.4 is 0 Å². The van der Waals surface area contributed by atoms with Crippen molar-refractivity contribution < 1.29 is 14.3 Å². The quantitative estimate of drug-likeness (QED) is 0.673. The van der Waals surface area contributed by atoms with Gasteiger partial charge in [0.2, 0.25) is 0 Å². The zero-order valence-corrected chi connectivity index (χ0v) is 9.52. The van der Waals surface area contributed by atoms with Crippen LogP contribution in [0.5, 0.6) is 5.75 Å². The largest absolute Gasteiger partial charge is 0.507 e. The number of halogens is 3. The lowest BCUT2D eigenvalue weighted by Crippen LogP contribution is -2.03. The highest BCUT2D eigenvalue weighted by Crippen LogP contribution is 2.27.